The molecule has 2 heteroatoms. The van der Waals surface area contributed by atoms with Crippen LogP contribution in [-0.4, -0.2) is 0 Å². The van der Waals surface area contributed by atoms with Crippen LogP contribution < -0.4 is 9.80 Å². The van der Waals surface area contributed by atoms with Gasteiger partial charge in [-0.05, 0) is 93.0 Å². The van der Waals surface area contributed by atoms with Gasteiger partial charge in [0, 0.05) is 22.9 Å². The number of anilines is 6. The SMILES string of the molecule is c1ccc(-c2ccc3c(c2)N(c2ccccc2)c2cc(-c4ccccc4)cc4c2C3c2ccc(-c3ccccc3)cc2N4c2ccccc2)cc1. The molecule has 8 aromatic carbocycles. The largest absolute Gasteiger partial charge is 0.310 e. The lowest BCUT2D eigenvalue weighted by atomic mass is 9.74. The molecule has 2 heterocycles. The van der Waals surface area contributed by atoms with Crippen molar-refractivity contribution in [3.63, 3.8) is 0 Å². The number of nitrogens with zero attached hydrogens (tertiary/aromatic N) is 2. The molecule has 8 aromatic rings. The number of para-hydroxylation sites is 2. The predicted octanol–water partition coefficient (Wildman–Crippen LogP) is 13.4. The van der Waals surface area contributed by atoms with E-state index in [1.165, 1.54) is 72.8 Å². The summed E-state index contributed by atoms with van der Waals surface area (Å²) in [5.41, 5.74) is 18.3. The van der Waals surface area contributed by atoms with Crippen LogP contribution in [0.5, 0.6) is 0 Å². The molecule has 0 saturated heterocycles. The first-order valence-corrected chi connectivity index (χ1v) is 17.6. The topological polar surface area (TPSA) is 6.48 Å². The second-order valence-electron chi connectivity index (χ2n) is 13.3. The minimum atomic E-state index is 0.0411. The molecule has 0 aliphatic carbocycles. The van der Waals surface area contributed by atoms with Crippen molar-refractivity contribution in [1.82, 2.24) is 0 Å². The third-order valence-electron chi connectivity index (χ3n) is 10.4. The van der Waals surface area contributed by atoms with Crippen molar-refractivity contribution in [2.75, 3.05) is 9.80 Å². The molecule has 0 bridgehead atoms. The van der Waals surface area contributed by atoms with Crippen LogP contribution in [-0.2, 0) is 0 Å². The zero-order chi connectivity index (χ0) is 33.7. The summed E-state index contributed by atoms with van der Waals surface area (Å²) in [6.45, 7) is 0. The van der Waals surface area contributed by atoms with Crippen molar-refractivity contribution in [3.05, 3.63) is 217 Å². The van der Waals surface area contributed by atoms with Gasteiger partial charge in [0.15, 0.2) is 0 Å². The van der Waals surface area contributed by atoms with Crippen LogP contribution in [0.25, 0.3) is 33.4 Å². The second kappa shape index (κ2) is 12.0. The van der Waals surface area contributed by atoms with E-state index in [2.05, 4.69) is 210 Å². The van der Waals surface area contributed by atoms with E-state index in [0.717, 1.165) is 11.4 Å². The monoisotopic (exact) mass is 650 g/mol. The summed E-state index contributed by atoms with van der Waals surface area (Å²) in [5.74, 6) is 0.0411. The average Bonchev–Trinajstić information content (AvgIpc) is 3.21. The molecule has 0 N–H and O–H groups in total. The lowest BCUT2D eigenvalue weighted by molar-refractivity contribution is 0.909. The summed E-state index contributed by atoms with van der Waals surface area (Å²) >= 11 is 0. The summed E-state index contributed by atoms with van der Waals surface area (Å²) < 4.78 is 0. The minimum Gasteiger partial charge on any atom is -0.310 e. The van der Waals surface area contributed by atoms with E-state index in [1.807, 2.05) is 0 Å². The smallest absolute Gasteiger partial charge is 0.0530 e. The number of hydrogen-bond donors (Lipinski definition) is 0. The molecule has 0 spiro atoms. The Labute approximate surface area is 299 Å². The Balaban J connectivity index is 1.32. The van der Waals surface area contributed by atoms with Gasteiger partial charge in [-0.3, -0.25) is 0 Å². The quantitative estimate of drug-likeness (QED) is 0.183. The molecule has 240 valence electrons. The van der Waals surface area contributed by atoms with Gasteiger partial charge < -0.3 is 9.80 Å². The standard InChI is InChI=1S/C49H34N2/c1-6-16-34(17-7-1)37-26-28-42-44(30-37)50(40-22-12-4-13-23-40)46-32-39(36-20-10-3-11-21-36)33-47-49(46)48(42)43-29-27-38(35-18-8-2-9-19-35)31-45(43)51(47)41-24-14-5-15-25-41/h1-33,48H. The summed E-state index contributed by atoms with van der Waals surface area (Å²) in [6.07, 6.45) is 0. The third kappa shape index (κ3) is 4.87. The zero-order valence-electron chi connectivity index (χ0n) is 28.0. The fraction of sp³-hybridized carbons (Fsp3) is 0.0204. The molecule has 0 unspecified atom stereocenters. The summed E-state index contributed by atoms with van der Waals surface area (Å²) in [5, 5.41) is 0. The van der Waals surface area contributed by atoms with Gasteiger partial charge in [0.1, 0.15) is 0 Å². The van der Waals surface area contributed by atoms with Crippen LogP contribution in [0.2, 0.25) is 0 Å². The third-order valence-corrected chi connectivity index (χ3v) is 10.4. The van der Waals surface area contributed by atoms with Crippen LogP contribution in [0.15, 0.2) is 200 Å². The predicted molar refractivity (Wildman–Crippen MR) is 213 cm³/mol. The van der Waals surface area contributed by atoms with Gasteiger partial charge in [0.2, 0.25) is 0 Å². The Morgan fingerprint density at radius 1 is 0.275 bits per heavy atom. The van der Waals surface area contributed by atoms with E-state index in [4.69, 9.17) is 0 Å². The normalized spacial score (nSPS) is 12.9. The van der Waals surface area contributed by atoms with Crippen LogP contribution in [0, 0.1) is 0 Å². The van der Waals surface area contributed by atoms with Crippen molar-refractivity contribution < 1.29 is 0 Å². The fourth-order valence-electron chi connectivity index (χ4n) is 8.12. The summed E-state index contributed by atoms with van der Waals surface area (Å²) in [4.78, 5) is 4.99. The van der Waals surface area contributed by atoms with Crippen molar-refractivity contribution in [2.45, 2.75) is 5.92 Å². The highest BCUT2D eigenvalue weighted by atomic mass is 15.2. The molecule has 0 aromatic heterocycles. The van der Waals surface area contributed by atoms with Gasteiger partial charge in [-0.25, -0.2) is 0 Å². The molecule has 0 radical (unpaired) electrons. The van der Waals surface area contributed by atoms with Gasteiger partial charge in [0.25, 0.3) is 0 Å². The molecule has 0 atom stereocenters. The van der Waals surface area contributed by atoms with Gasteiger partial charge >= 0.3 is 0 Å². The Morgan fingerprint density at radius 3 is 1.00 bits per heavy atom. The molecular weight excluding hydrogens is 617 g/mol. The molecule has 2 nitrogen and oxygen atoms in total. The van der Waals surface area contributed by atoms with Crippen molar-refractivity contribution >= 4 is 34.1 Å². The average molecular weight is 651 g/mol. The minimum absolute atomic E-state index is 0.0411. The van der Waals surface area contributed by atoms with Gasteiger partial charge in [-0.15, -0.1) is 0 Å². The van der Waals surface area contributed by atoms with Crippen molar-refractivity contribution in [3.8, 4) is 33.4 Å². The molecule has 2 aliphatic heterocycles. The van der Waals surface area contributed by atoms with Crippen LogP contribution in [0.4, 0.5) is 34.1 Å². The van der Waals surface area contributed by atoms with Gasteiger partial charge in [-0.2, -0.15) is 0 Å². The number of rotatable bonds is 5. The maximum Gasteiger partial charge on any atom is 0.0530 e. The summed E-state index contributed by atoms with van der Waals surface area (Å²) in [6, 6.07) is 73.0. The molecule has 0 fully saturated rings. The van der Waals surface area contributed by atoms with E-state index >= 15 is 0 Å². The Kier molecular flexibility index (Phi) is 6.92. The Hall–Kier alpha value is -6.64. The van der Waals surface area contributed by atoms with E-state index in [9.17, 15) is 0 Å². The maximum atomic E-state index is 2.50. The summed E-state index contributed by atoms with van der Waals surface area (Å²) in [7, 11) is 0. The fourth-order valence-corrected chi connectivity index (χ4v) is 8.12. The Morgan fingerprint density at radius 2 is 0.608 bits per heavy atom. The van der Waals surface area contributed by atoms with E-state index in [1.54, 1.807) is 0 Å². The number of benzene rings is 8. The number of hydrogen-bond acceptors (Lipinski definition) is 2. The van der Waals surface area contributed by atoms with Gasteiger partial charge in [0.05, 0.1) is 22.7 Å². The second-order valence-corrected chi connectivity index (χ2v) is 13.3. The molecule has 51 heavy (non-hydrogen) atoms. The first-order valence-electron chi connectivity index (χ1n) is 17.6. The highest BCUT2D eigenvalue weighted by molar-refractivity contribution is 5.99. The van der Waals surface area contributed by atoms with Gasteiger partial charge in [-0.1, -0.05) is 152 Å². The van der Waals surface area contributed by atoms with Crippen molar-refractivity contribution in [1.29, 1.82) is 0 Å². The molecular formula is C49H34N2. The van der Waals surface area contributed by atoms with E-state index < -0.39 is 0 Å². The zero-order valence-corrected chi connectivity index (χ0v) is 28.0. The maximum absolute atomic E-state index is 2.50. The van der Waals surface area contributed by atoms with Crippen molar-refractivity contribution in [2.24, 2.45) is 0 Å². The molecule has 0 amide bonds. The first-order chi connectivity index (χ1) is 25.3. The first kappa shape index (κ1) is 29.3. The van der Waals surface area contributed by atoms with E-state index in [0.29, 0.717) is 0 Å². The lowest BCUT2D eigenvalue weighted by Crippen LogP contribution is -2.29. The van der Waals surface area contributed by atoms with Crippen LogP contribution in [0.1, 0.15) is 22.6 Å². The highest BCUT2D eigenvalue weighted by Gasteiger charge is 2.41. The highest BCUT2D eigenvalue weighted by Crippen LogP contribution is 2.61. The van der Waals surface area contributed by atoms with E-state index in [-0.39, 0.29) is 5.92 Å². The lowest BCUT2D eigenvalue weighted by Gasteiger charge is -2.45. The van der Waals surface area contributed by atoms with Crippen LogP contribution in [0.3, 0.4) is 0 Å². The molecule has 10 rings (SSSR count). The van der Waals surface area contributed by atoms with Crippen LogP contribution >= 0.6 is 0 Å². The number of fused-ring (bicyclic) bond motifs is 4. The molecule has 0 saturated carbocycles. The Bertz CT molecular complexity index is 2360. The molecule has 2 aliphatic rings.